The van der Waals surface area contributed by atoms with Crippen molar-refractivity contribution in [2.45, 2.75) is 6.92 Å². The SMILES string of the molecule is COc1cnc(-c2ncc(C)[nH]2)c2[nH]cc(C(=O)C(=O)N3CCN(C(=O)c4ccccc4)CC3)c12. The molecule has 178 valence electrons. The van der Waals surface area contributed by atoms with Crippen LogP contribution in [0.1, 0.15) is 26.4 Å². The standard InChI is InChI=1S/C25H24N6O4/c1-15-12-28-23(29-15)21-20-19(18(35-2)14-27-21)17(13-26-20)22(32)25(34)31-10-8-30(9-11-31)24(33)16-6-4-3-5-7-16/h3-7,12-14,26H,8-11H2,1-2H3,(H,28,29). The van der Waals surface area contributed by atoms with Crippen molar-refractivity contribution in [3.63, 3.8) is 0 Å². The van der Waals surface area contributed by atoms with Crippen LogP contribution in [0.2, 0.25) is 0 Å². The summed E-state index contributed by atoms with van der Waals surface area (Å²) in [5, 5.41) is 0.475. The fraction of sp³-hybridized carbons (Fsp3) is 0.240. The topological polar surface area (TPSA) is 124 Å². The Morgan fingerprint density at radius 3 is 2.34 bits per heavy atom. The van der Waals surface area contributed by atoms with Crippen molar-refractivity contribution < 1.29 is 19.1 Å². The molecule has 5 rings (SSSR count). The highest BCUT2D eigenvalue weighted by atomic mass is 16.5. The van der Waals surface area contributed by atoms with E-state index in [2.05, 4.69) is 19.9 Å². The van der Waals surface area contributed by atoms with Crippen molar-refractivity contribution >= 4 is 28.5 Å². The number of aromatic amines is 2. The van der Waals surface area contributed by atoms with Crippen LogP contribution in [0.15, 0.2) is 48.9 Å². The Labute approximate surface area is 200 Å². The lowest BCUT2D eigenvalue weighted by Gasteiger charge is -2.34. The van der Waals surface area contributed by atoms with Gasteiger partial charge < -0.3 is 24.5 Å². The molecule has 1 aliphatic heterocycles. The number of pyridine rings is 1. The van der Waals surface area contributed by atoms with Gasteiger partial charge in [-0.15, -0.1) is 0 Å². The monoisotopic (exact) mass is 472 g/mol. The van der Waals surface area contributed by atoms with Crippen LogP contribution >= 0.6 is 0 Å². The third kappa shape index (κ3) is 4.03. The molecule has 4 heterocycles. The summed E-state index contributed by atoms with van der Waals surface area (Å²) in [6.07, 6.45) is 4.70. The van der Waals surface area contributed by atoms with Crippen LogP contribution < -0.4 is 4.74 Å². The van der Waals surface area contributed by atoms with Gasteiger partial charge in [0.15, 0.2) is 5.82 Å². The Kier molecular flexibility index (Phi) is 5.77. The number of ketones is 1. The normalized spacial score (nSPS) is 13.8. The van der Waals surface area contributed by atoms with E-state index in [0.717, 1.165) is 5.69 Å². The molecule has 1 aliphatic rings. The number of aromatic nitrogens is 4. The molecular formula is C25H24N6O4. The van der Waals surface area contributed by atoms with Gasteiger partial charge in [0.05, 0.1) is 29.8 Å². The molecule has 10 nitrogen and oxygen atoms in total. The van der Waals surface area contributed by atoms with Crippen LogP contribution in [-0.4, -0.2) is 80.6 Å². The van der Waals surface area contributed by atoms with E-state index >= 15 is 0 Å². The molecule has 2 amide bonds. The molecule has 0 unspecified atom stereocenters. The molecule has 0 saturated carbocycles. The predicted octanol–water partition coefficient (Wildman–Crippen LogP) is 2.44. The van der Waals surface area contributed by atoms with Crippen LogP contribution in [0.25, 0.3) is 22.4 Å². The molecule has 0 spiro atoms. The second-order valence-corrected chi connectivity index (χ2v) is 8.32. The number of nitrogens with zero attached hydrogens (tertiary/aromatic N) is 4. The molecule has 3 aromatic heterocycles. The second kappa shape index (κ2) is 9.05. The van der Waals surface area contributed by atoms with Crippen LogP contribution in [-0.2, 0) is 4.79 Å². The first-order valence-corrected chi connectivity index (χ1v) is 11.2. The Balaban J connectivity index is 1.37. The van der Waals surface area contributed by atoms with E-state index in [1.54, 1.807) is 23.2 Å². The molecule has 4 aromatic rings. The number of aryl methyl sites for hydroxylation is 1. The van der Waals surface area contributed by atoms with Gasteiger partial charge in [-0.2, -0.15) is 0 Å². The van der Waals surface area contributed by atoms with E-state index in [0.29, 0.717) is 46.8 Å². The number of carbonyl (C=O) groups is 3. The molecule has 0 radical (unpaired) electrons. The summed E-state index contributed by atoms with van der Waals surface area (Å²) in [7, 11) is 1.49. The number of Topliss-reactive ketones (excluding diaryl/α,β-unsaturated/α-hetero) is 1. The third-order valence-electron chi connectivity index (χ3n) is 6.14. The Bertz CT molecular complexity index is 1420. The molecule has 35 heavy (non-hydrogen) atoms. The van der Waals surface area contributed by atoms with Crippen molar-refractivity contribution in [3.8, 4) is 17.3 Å². The number of methoxy groups -OCH3 is 1. The molecule has 1 saturated heterocycles. The van der Waals surface area contributed by atoms with Gasteiger partial charge in [0.25, 0.3) is 17.6 Å². The average Bonchev–Trinajstić information content (AvgIpc) is 3.54. The Morgan fingerprint density at radius 2 is 1.69 bits per heavy atom. The van der Waals surface area contributed by atoms with Crippen LogP contribution in [0.5, 0.6) is 5.75 Å². The molecule has 1 aromatic carbocycles. The maximum Gasteiger partial charge on any atom is 0.295 e. The number of hydrogen-bond donors (Lipinski definition) is 2. The van der Waals surface area contributed by atoms with Crippen molar-refractivity contribution in [1.82, 2.24) is 29.7 Å². The minimum atomic E-state index is -0.648. The Hall–Kier alpha value is -4.47. The summed E-state index contributed by atoms with van der Waals surface area (Å²) in [6, 6.07) is 9.01. The maximum absolute atomic E-state index is 13.3. The quantitative estimate of drug-likeness (QED) is 0.340. The number of rotatable bonds is 5. The number of carbonyl (C=O) groups excluding carboxylic acids is 3. The van der Waals surface area contributed by atoms with Gasteiger partial charge >= 0.3 is 0 Å². The highest BCUT2D eigenvalue weighted by Crippen LogP contribution is 2.34. The number of hydrogen-bond acceptors (Lipinski definition) is 6. The van der Waals surface area contributed by atoms with Crippen molar-refractivity contribution in [2.24, 2.45) is 0 Å². The number of amides is 2. The summed E-state index contributed by atoms with van der Waals surface area (Å²) in [5.74, 6) is -0.431. The number of H-pyrrole nitrogens is 2. The van der Waals surface area contributed by atoms with Crippen molar-refractivity contribution in [3.05, 3.63) is 65.7 Å². The zero-order valence-electron chi connectivity index (χ0n) is 19.4. The molecule has 10 heteroatoms. The number of piperazine rings is 1. The maximum atomic E-state index is 13.3. The summed E-state index contributed by atoms with van der Waals surface area (Å²) in [6.45, 7) is 3.15. The molecular weight excluding hydrogens is 448 g/mol. The van der Waals surface area contributed by atoms with Crippen LogP contribution in [0.4, 0.5) is 0 Å². The van der Waals surface area contributed by atoms with Crippen LogP contribution in [0, 0.1) is 6.92 Å². The van der Waals surface area contributed by atoms with Gasteiger partial charge in [0.2, 0.25) is 0 Å². The molecule has 0 bridgehead atoms. The molecule has 0 aliphatic carbocycles. The fourth-order valence-electron chi connectivity index (χ4n) is 4.30. The highest BCUT2D eigenvalue weighted by Gasteiger charge is 2.31. The van der Waals surface area contributed by atoms with Gasteiger partial charge in [-0.3, -0.25) is 14.4 Å². The zero-order chi connectivity index (χ0) is 24.5. The number of ether oxygens (including phenoxy) is 1. The number of benzene rings is 1. The van der Waals surface area contributed by atoms with E-state index in [1.165, 1.54) is 24.4 Å². The first kappa shape index (κ1) is 22.3. The van der Waals surface area contributed by atoms with Crippen molar-refractivity contribution in [1.29, 1.82) is 0 Å². The summed E-state index contributed by atoms with van der Waals surface area (Å²) in [4.78, 5) is 57.2. The molecule has 2 N–H and O–H groups in total. The minimum absolute atomic E-state index is 0.0846. The lowest BCUT2D eigenvalue weighted by Crippen LogP contribution is -2.52. The number of nitrogens with one attached hydrogen (secondary N) is 2. The lowest BCUT2D eigenvalue weighted by atomic mass is 10.1. The van der Waals surface area contributed by atoms with Gasteiger partial charge in [0.1, 0.15) is 11.4 Å². The summed E-state index contributed by atoms with van der Waals surface area (Å²) in [5.41, 5.74) is 2.75. The van der Waals surface area contributed by atoms with E-state index in [-0.39, 0.29) is 24.6 Å². The summed E-state index contributed by atoms with van der Waals surface area (Å²) >= 11 is 0. The van der Waals surface area contributed by atoms with Gasteiger partial charge in [0, 0.05) is 49.8 Å². The second-order valence-electron chi connectivity index (χ2n) is 8.32. The summed E-state index contributed by atoms with van der Waals surface area (Å²) < 4.78 is 5.45. The number of imidazole rings is 1. The highest BCUT2D eigenvalue weighted by molar-refractivity contribution is 6.45. The van der Waals surface area contributed by atoms with Crippen molar-refractivity contribution in [2.75, 3.05) is 33.3 Å². The lowest BCUT2D eigenvalue weighted by molar-refractivity contribution is -0.127. The van der Waals surface area contributed by atoms with E-state index in [9.17, 15) is 14.4 Å². The molecule has 0 atom stereocenters. The fourth-order valence-corrected chi connectivity index (χ4v) is 4.30. The largest absolute Gasteiger partial charge is 0.494 e. The van der Waals surface area contributed by atoms with E-state index in [4.69, 9.17) is 4.74 Å². The van der Waals surface area contributed by atoms with Gasteiger partial charge in [-0.05, 0) is 19.1 Å². The number of fused-ring (bicyclic) bond motifs is 1. The minimum Gasteiger partial charge on any atom is -0.494 e. The van der Waals surface area contributed by atoms with Crippen LogP contribution in [0.3, 0.4) is 0 Å². The first-order chi connectivity index (χ1) is 17.0. The molecule has 1 fully saturated rings. The third-order valence-corrected chi connectivity index (χ3v) is 6.14. The predicted molar refractivity (Wildman–Crippen MR) is 128 cm³/mol. The zero-order valence-corrected chi connectivity index (χ0v) is 19.4. The first-order valence-electron chi connectivity index (χ1n) is 11.2. The van der Waals surface area contributed by atoms with Gasteiger partial charge in [-0.25, -0.2) is 9.97 Å². The van der Waals surface area contributed by atoms with Gasteiger partial charge in [-0.1, -0.05) is 18.2 Å². The smallest absolute Gasteiger partial charge is 0.295 e. The average molecular weight is 473 g/mol. The van der Waals surface area contributed by atoms with E-state index < -0.39 is 11.7 Å². The van der Waals surface area contributed by atoms with E-state index in [1.807, 2.05) is 25.1 Å². The Morgan fingerprint density at radius 1 is 0.971 bits per heavy atom.